The molecule has 3 aromatic rings. The van der Waals surface area contributed by atoms with E-state index in [4.69, 9.17) is 0 Å². The smallest absolute Gasteiger partial charge is 0.278 e. The van der Waals surface area contributed by atoms with Crippen LogP contribution in [0.15, 0.2) is 78.8 Å². The SMILES string of the molecule is Cc1ccc(C2=C(Nc3ccc(N4CCCCC4)cc3)C(=O)N(Cc3cccnc3)C2=O)cc1. The first-order valence-corrected chi connectivity index (χ1v) is 11.8. The normalized spacial score (nSPS) is 16.4. The molecule has 1 N–H and O–H groups in total. The Morgan fingerprint density at radius 3 is 2.29 bits per heavy atom. The maximum Gasteiger partial charge on any atom is 0.278 e. The van der Waals surface area contributed by atoms with E-state index in [9.17, 15) is 9.59 Å². The Morgan fingerprint density at radius 1 is 0.882 bits per heavy atom. The van der Waals surface area contributed by atoms with Gasteiger partial charge in [0.1, 0.15) is 5.70 Å². The number of aromatic nitrogens is 1. The highest BCUT2D eigenvalue weighted by Crippen LogP contribution is 2.32. The van der Waals surface area contributed by atoms with Crippen molar-refractivity contribution in [3.8, 4) is 0 Å². The van der Waals surface area contributed by atoms with Crippen molar-refractivity contribution in [2.75, 3.05) is 23.3 Å². The molecule has 0 unspecified atom stereocenters. The molecule has 6 heteroatoms. The number of anilines is 2. The van der Waals surface area contributed by atoms with Gasteiger partial charge in [0.2, 0.25) is 0 Å². The van der Waals surface area contributed by atoms with Crippen molar-refractivity contribution in [3.05, 3.63) is 95.4 Å². The molecule has 1 fully saturated rings. The van der Waals surface area contributed by atoms with Crippen LogP contribution in [0.1, 0.15) is 36.0 Å². The Morgan fingerprint density at radius 2 is 1.62 bits per heavy atom. The molecule has 2 aliphatic rings. The van der Waals surface area contributed by atoms with Crippen molar-refractivity contribution in [1.82, 2.24) is 9.88 Å². The monoisotopic (exact) mass is 452 g/mol. The molecule has 2 aromatic carbocycles. The van der Waals surface area contributed by atoms with Gasteiger partial charge < -0.3 is 10.2 Å². The van der Waals surface area contributed by atoms with Crippen molar-refractivity contribution < 1.29 is 9.59 Å². The van der Waals surface area contributed by atoms with E-state index in [0.29, 0.717) is 11.3 Å². The highest BCUT2D eigenvalue weighted by Gasteiger charge is 2.39. The largest absolute Gasteiger partial charge is 0.372 e. The van der Waals surface area contributed by atoms with Crippen LogP contribution >= 0.6 is 0 Å². The van der Waals surface area contributed by atoms with E-state index in [1.54, 1.807) is 18.5 Å². The van der Waals surface area contributed by atoms with Crippen molar-refractivity contribution in [1.29, 1.82) is 0 Å². The summed E-state index contributed by atoms with van der Waals surface area (Å²) in [6.45, 7) is 4.33. The number of nitrogens with zero attached hydrogens (tertiary/aromatic N) is 3. The number of hydrogen-bond acceptors (Lipinski definition) is 5. The Hall–Kier alpha value is -3.93. The predicted molar refractivity (Wildman–Crippen MR) is 134 cm³/mol. The number of hydrogen-bond donors (Lipinski definition) is 1. The molecule has 0 bridgehead atoms. The number of imide groups is 1. The second-order valence-corrected chi connectivity index (χ2v) is 8.89. The number of piperidine rings is 1. The Kier molecular flexibility index (Phi) is 6.12. The first-order valence-electron chi connectivity index (χ1n) is 11.8. The Bertz CT molecular complexity index is 1210. The lowest BCUT2D eigenvalue weighted by molar-refractivity contribution is -0.137. The molecule has 0 spiro atoms. The number of rotatable bonds is 6. The molecular weight excluding hydrogens is 424 g/mol. The molecule has 2 aliphatic heterocycles. The lowest BCUT2D eigenvalue weighted by Crippen LogP contribution is -2.32. The second-order valence-electron chi connectivity index (χ2n) is 8.89. The number of carbonyl (C=O) groups excluding carboxylic acids is 2. The lowest BCUT2D eigenvalue weighted by atomic mass is 10.0. The van der Waals surface area contributed by atoms with E-state index < -0.39 is 0 Å². The number of benzene rings is 2. The zero-order valence-corrected chi connectivity index (χ0v) is 19.3. The van der Waals surface area contributed by atoms with Crippen LogP contribution < -0.4 is 10.2 Å². The van der Waals surface area contributed by atoms with Gasteiger partial charge in [-0.2, -0.15) is 0 Å². The van der Waals surface area contributed by atoms with Gasteiger partial charge in [0.25, 0.3) is 11.8 Å². The summed E-state index contributed by atoms with van der Waals surface area (Å²) in [5.41, 5.74) is 5.30. The maximum absolute atomic E-state index is 13.4. The molecule has 3 heterocycles. The minimum atomic E-state index is -0.329. The van der Waals surface area contributed by atoms with Crippen LogP contribution in [0.2, 0.25) is 0 Å². The summed E-state index contributed by atoms with van der Waals surface area (Å²) < 4.78 is 0. The third-order valence-electron chi connectivity index (χ3n) is 6.43. The van der Waals surface area contributed by atoms with Gasteiger partial charge in [-0.25, -0.2) is 0 Å². The molecule has 2 amide bonds. The van der Waals surface area contributed by atoms with Gasteiger partial charge >= 0.3 is 0 Å². The van der Waals surface area contributed by atoms with Crippen LogP contribution in [-0.4, -0.2) is 34.8 Å². The molecule has 0 aliphatic carbocycles. The van der Waals surface area contributed by atoms with Crippen LogP contribution in [0.3, 0.4) is 0 Å². The summed E-state index contributed by atoms with van der Waals surface area (Å²) in [6.07, 6.45) is 7.08. The van der Waals surface area contributed by atoms with Crippen molar-refractivity contribution in [2.24, 2.45) is 0 Å². The van der Waals surface area contributed by atoms with E-state index in [0.717, 1.165) is 35.5 Å². The molecule has 172 valence electrons. The summed E-state index contributed by atoms with van der Waals surface area (Å²) in [4.78, 5) is 34.7. The van der Waals surface area contributed by atoms with Gasteiger partial charge in [0.15, 0.2) is 0 Å². The number of nitrogens with one attached hydrogen (secondary N) is 1. The van der Waals surface area contributed by atoms with E-state index in [2.05, 4.69) is 27.3 Å². The van der Waals surface area contributed by atoms with Crippen LogP contribution in [0, 0.1) is 6.92 Å². The molecular formula is C28H28N4O2. The van der Waals surface area contributed by atoms with E-state index in [1.165, 1.54) is 29.8 Å². The van der Waals surface area contributed by atoms with Gasteiger partial charge in [-0.3, -0.25) is 19.5 Å². The average Bonchev–Trinajstić information content (AvgIpc) is 3.10. The maximum atomic E-state index is 13.4. The van der Waals surface area contributed by atoms with Crippen molar-refractivity contribution in [2.45, 2.75) is 32.7 Å². The molecule has 1 saturated heterocycles. The zero-order chi connectivity index (χ0) is 23.5. The molecule has 1 aromatic heterocycles. The molecule has 34 heavy (non-hydrogen) atoms. The van der Waals surface area contributed by atoms with Crippen molar-refractivity contribution in [3.63, 3.8) is 0 Å². The van der Waals surface area contributed by atoms with Crippen LogP contribution in [0.5, 0.6) is 0 Å². The van der Waals surface area contributed by atoms with Gasteiger partial charge in [-0.15, -0.1) is 0 Å². The number of pyridine rings is 1. The minimum absolute atomic E-state index is 0.181. The second kappa shape index (κ2) is 9.51. The number of carbonyl (C=O) groups is 2. The van der Waals surface area contributed by atoms with E-state index >= 15 is 0 Å². The summed E-state index contributed by atoms with van der Waals surface area (Å²) >= 11 is 0. The fourth-order valence-corrected chi connectivity index (χ4v) is 4.55. The summed E-state index contributed by atoms with van der Waals surface area (Å²) in [5.74, 6) is -0.630. The van der Waals surface area contributed by atoms with Crippen LogP contribution in [0.4, 0.5) is 11.4 Å². The fraction of sp³-hybridized carbons (Fsp3) is 0.250. The number of amides is 2. The highest BCUT2D eigenvalue weighted by molar-refractivity contribution is 6.36. The third-order valence-corrected chi connectivity index (χ3v) is 6.43. The van der Waals surface area contributed by atoms with Crippen molar-refractivity contribution >= 4 is 28.8 Å². The quantitative estimate of drug-likeness (QED) is 0.546. The first-order chi connectivity index (χ1) is 16.6. The first kappa shape index (κ1) is 21.9. The van der Waals surface area contributed by atoms with Gasteiger partial charge in [0.05, 0.1) is 12.1 Å². The standard InChI is InChI=1S/C28H28N4O2/c1-20-7-9-22(10-8-20)25-26(28(34)32(27(25)33)19-21-6-5-15-29-18-21)30-23-11-13-24(14-12-23)31-16-3-2-4-17-31/h5-15,18,30H,2-4,16-17,19H2,1H3. The van der Waals surface area contributed by atoms with Gasteiger partial charge in [-0.05, 0) is 67.6 Å². The topological polar surface area (TPSA) is 65.5 Å². The van der Waals surface area contributed by atoms with E-state index in [-0.39, 0.29) is 18.4 Å². The molecule has 5 rings (SSSR count). The van der Waals surface area contributed by atoms with Gasteiger partial charge in [-0.1, -0.05) is 35.9 Å². The summed E-state index contributed by atoms with van der Waals surface area (Å²) in [7, 11) is 0. The number of aryl methyl sites for hydroxylation is 1. The molecule has 0 radical (unpaired) electrons. The zero-order valence-electron chi connectivity index (χ0n) is 19.3. The predicted octanol–water partition coefficient (Wildman–Crippen LogP) is 4.77. The van der Waals surface area contributed by atoms with Crippen LogP contribution in [0.25, 0.3) is 5.57 Å². The van der Waals surface area contributed by atoms with Gasteiger partial charge in [0, 0.05) is 36.9 Å². The fourth-order valence-electron chi connectivity index (χ4n) is 4.55. The Balaban J connectivity index is 1.45. The third kappa shape index (κ3) is 4.44. The lowest BCUT2D eigenvalue weighted by Gasteiger charge is -2.28. The molecule has 6 nitrogen and oxygen atoms in total. The molecule has 0 saturated carbocycles. The summed E-state index contributed by atoms with van der Waals surface area (Å²) in [5, 5.41) is 3.26. The molecule has 0 atom stereocenters. The highest BCUT2D eigenvalue weighted by atomic mass is 16.2. The van der Waals surface area contributed by atoms with E-state index in [1.807, 2.05) is 49.4 Å². The summed E-state index contributed by atoms with van der Waals surface area (Å²) in [6, 6.07) is 19.5. The minimum Gasteiger partial charge on any atom is -0.372 e. The average molecular weight is 453 g/mol. The Labute approximate surface area is 199 Å². The van der Waals surface area contributed by atoms with Crippen LogP contribution in [-0.2, 0) is 16.1 Å².